The van der Waals surface area contributed by atoms with Crippen LogP contribution in [0.25, 0.3) is 0 Å². The van der Waals surface area contributed by atoms with Gasteiger partial charge in [0.05, 0.1) is 18.8 Å². The minimum absolute atomic E-state index is 0.0329. The molecule has 42 heavy (non-hydrogen) atoms. The van der Waals surface area contributed by atoms with Crippen molar-refractivity contribution in [2.24, 2.45) is 46.3 Å². The lowest BCUT2D eigenvalue weighted by molar-refractivity contribution is -0.209. The van der Waals surface area contributed by atoms with Gasteiger partial charge in [-0.25, -0.2) is 0 Å². The largest absolute Gasteiger partial charge is 0.481 e. The number of carboxylic acids is 1. The lowest BCUT2D eigenvalue weighted by Gasteiger charge is -2.63. The summed E-state index contributed by atoms with van der Waals surface area (Å²) < 4.78 is 38.8. The van der Waals surface area contributed by atoms with Gasteiger partial charge in [-0.2, -0.15) is 13.2 Å². The number of rotatable bonds is 7. The van der Waals surface area contributed by atoms with Crippen molar-refractivity contribution < 1.29 is 47.6 Å². The number of halogens is 3. The summed E-state index contributed by atoms with van der Waals surface area (Å²) in [5.41, 5.74) is -0.242. The van der Waals surface area contributed by atoms with Gasteiger partial charge >= 0.3 is 24.0 Å². The number of esters is 1. The van der Waals surface area contributed by atoms with E-state index in [0.717, 1.165) is 45.6 Å². The van der Waals surface area contributed by atoms with Crippen molar-refractivity contribution in [3.05, 3.63) is 0 Å². The molecule has 4 aliphatic rings. The molecule has 4 rings (SSSR count). The van der Waals surface area contributed by atoms with Crippen LogP contribution in [0, 0.1) is 46.3 Å². The Balaban J connectivity index is 0.000000531. The zero-order valence-electron chi connectivity index (χ0n) is 25.4. The average Bonchev–Trinajstić information content (AvgIpc) is 3.26. The summed E-state index contributed by atoms with van der Waals surface area (Å²) in [5.74, 6) is -1.39. The maximum Gasteiger partial charge on any atom is 0.471 e. The van der Waals surface area contributed by atoms with Crippen LogP contribution in [0.4, 0.5) is 13.2 Å². The molecular formula is C30H49F3N2O7. The molecular weight excluding hydrogens is 557 g/mol. The van der Waals surface area contributed by atoms with Crippen molar-refractivity contribution >= 4 is 17.8 Å². The van der Waals surface area contributed by atoms with E-state index in [0.29, 0.717) is 12.8 Å². The first kappa shape index (κ1) is 34.6. The first-order valence-electron chi connectivity index (χ1n) is 15.2. The second-order valence-corrected chi connectivity index (χ2v) is 13.5. The number of alkyl halides is 3. The van der Waals surface area contributed by atoms with Gasteiger partial charge in [-0.3, -0.25) is 14.4 Å². The van der Waals surface area contributed by atoms with Gasteiger partial charge in [0.1, 0.15) is 6.10 Å². The van der Waals surface area contributed by atoms with Crippen LogP contribution in [0.1, 0.15) is 78.6 Å². The van der Waals surface area contributed by atoms with Gasteiger partial charge < -0.3 is 30.7 Å². The van der Waals surface area contributed by atoms with Crippen LogP contribution < -0.4 is 10.6 Å². The number of hydrogen-bond acceptors (Lipinski definition) is 7. The summed E-state index contributed by atoms with van der Waals surface area (Å²) in [5, 5.41) is 36.6. The summed E-state index contributed by atoms with van der Waals surface area (Å²) in [6.07, 6.45) is 1.16. The first-order chi connectivity index (χ1) is 19.5. The number of aliphatic hydroxyl groups excluding tert-OH is 2. The van der Waals surface area contributed by atoms with E-state index in [1.165, 1.54) is 5.32 Å². The number of hydrogen-bond donors (Lipinski definition) is 5. The van der Waals surface area contributed by atoms with Crippen LogP contribution in [-0.4, -0.2) is 78.3 Å². The Bertz CT molecular complexity index is 981. The van der Waals surface area contributed by atoms with Gasteiger partial charge in [-0.05, 0) is 105 Å². The Morgan fingerprint density at radius 2 is 1.69 bits per heavy atom. The second kappa shape index (κ2) is 13.4. The SMILES string of the molecule is CNC(=O)C(F)(F)F.CNCC(=O)O[C@@H]1CC[C@@]2(C)[C@@H](C1)C[C@@H](O)[C@@H]1[C@@H]2C[C@H](O)[C@]2(C)[C@@H]([C@H](C)CCC(=O)O)CC[C@@H]12. The zero-order chi connectivity index (χ0) is 31.6. The second-order valence-electron chi connectivity index (χ2n) is 13.5. The molecule has 4 saturated carbocycles. The number of carbonyl (C=O) groups is 3. The van der Waals surface area contributed by atoms with Crippen molar-refractivity contribution in [1.29, 1.82) is 0 Å². The van der Waals surface area contributed by atoms with E-state index in [1.54, 1.807) is 7.05 Å². The third-order valence-electron chi connectivity index (χ3n) is 11.4. The number of ether oxygens (including phenoxy) is 1. The van der Waals surface area contributed by atoms with E-state index in [2.05, 4.69) is 26.1 Å². The summed E-state index contributed by atoms with van der Waals surface area (Å²) in [7, 11) is 2.66. The van der Waals surface area contributed by atoms with Gasteiger partial charge in [-0.15, -0.1) is 0 Å². The maximum atomic E-state index is 12.0. The number of aliphatic hydroxyl groups is 2. The molecule has 0 aromatic rings. The quantitative estimate of drug-likeness (QED) is 0.277. The van der Waals surface area contributed by atoms with Crippen LogP contribution in [-0.2, 0) is 19.1 Å². The first-order valence-corrected chi connectivity index (χ1v) is 15.2. The molecule has 0 aromatic heterocycles. The highest BCUT2D eigenvalue weighted by molar-refractivity contribution is 5.81. The molecule has 4 fully saturated rings. The highest BCUT2D eigenvalue weighted by atomic mass is 19.4. The Kier molecular flexibility index (Phi) is 11.0. The molecule has 12 heteroatoms. The fourth-order valence-electron chi connectivity index (χ4n) is 9.29. The van der Waals surface area contributed by atoms with Crippen molar-refractivity contribution in [2.75, 3.05) is 20.6 Å². The fraction of sp³-hybridized carbons (Fsp3) is 0.900. The molecule has 242 valence electrons. The highest BCUT2D eigenvalue weighted by Gasteiger charge is 2.65. The Labute approximate surface area is 246 Å². The number of carboxylic acid groups (broad SMARTS) is 1. The van der Waals surface area contributed by atoms with Crippen LogP contribution in [0.15, 0.2) is 0 Å². The van der Waals surface area contributed by atoms with Crippen molar-refractivity contribution in [1.82, 2.24) is 10.6 Å². The summed E-state index contributed by atoms with van der Waals surface area (Å²) in [6.45, 7) is 6.92. The summed E-state index contributed by atoms with van der Waals surface area (Å²) >= 11 is 0. The van der Waals surface area contributed by atoms with Crippen LogP contribution in [0.3, 0.4) is 0 Å². The molecule has 9 nitrogen and oxygen atoms in total. The minimum atomic E-state index is -4.74. The maximum absolute atomic E-state index is 12.0. The Morgan fingerprint density at radius 3 is 2.24 bits per heavy atom. The molecule has 1 amide bonds. The minimum Gasteiger partial charge on any atom is -0.481 e. The lowest BCUT2D eigenvalue weighted by Crippen LogP contribution is -2.62. The fourth-order valence-corrected chi connectivity index (χ4v) is 9.29. The number of aliphatic carboxylic acids is 1. The number of carbonyl (C=O) groups excluding carboxylic acids is 2. The summed E-state index contributed by atoms with van der Waals surface area (Å²) in [4.78, 5) is 32.8. The van der Waals surface area contributed by atoms with Gasteiger partial charge in [0, 0.05) is 13.5 Å². The molecule has 0 saturated heterocycles. The third-order valence-corrected chi connectivity index (χ3v) is 11.4. The molecule has 0 radical (unpaired) electrons. The number of fused-ring (bicyclic) bond motifs is 5. The molecule has 0 heterocycles. The highest BCUT2D eigenvalue weighted by Crippen LogP contribution is 2.68. The van der Waals surface area contributed by atoms with Crippen molar-refractivity contribution in [3.63, 3.8) is 0 Å². The van der Waals surface area contributed by atoms with Crippen LogP contribution in [0.2, 0.25) is 0 Å². The molecule has 5 N–H and O–H groups in total. The normalized spacial score (nSPS) is 39.9. The number of nitrogens with one attached hydrogen (secondary N) is 2. The number of likely N-dealkylation sites (N-methyl/N-ethyl adjacent to an activating group) is 1. The predicted molar refractivity (Wildman–Crippen MR) is 148 cm³/mol. The van der Waals surface area contributed by atoms with E-state index in [9.17, 15) is 37.8 Å². The zero-order valence-corrected chi connectivity index (χ0v) is 25.4. The summed E-state index contributed by atoms with van der Waals surface area (Å²) in [6, 6.07) is 0. The average molecular weight is 607 g/mol. The topological polar surface area (TPSA) is 145 Å². The molecule has 0 aliphatic heterocycles. The molecule has 0 spiro atoms. The Hall–Kier alpha value is -1.92. The van der Waals surface area contributed by atoms with Crippen molar-refractivity contribution in [2.45, 2.75) is 103 Å². The monoisotopic (exact) mass is 606 g/mol. The van der Waals surface area contributed by atoms with E-state index < -0.39 is 30.3 Å². The smallest absolute Gasteiger partial charge is 0.471 e. The number of amides is 1. The van der Waals surface area contributed by atoms with Crippen LogP contribution in [0.5, 0.6) is 0 Å². The van der Waals surface area contributed by atoms with Gasteiger partial charge in [0.2, 0.25) is 0 Å². The van der Waals surface area contributed by atoms with E-state index in [1.807, 2.05) is 0 Å². The molecule has 0 unspecified atom stereocenters. The van der Waals surface area contributed by atoms with Crippen LogP contribution >= 0.6 is 0 Å². The Morgan fingerprint density at radius 1 is 1.02 bits per heavy atom. The lowest BCUT2D eigenvalue weighted by atomic mass is 9.43. The molecule has 0 aromatic carbocycles. The van der Waals surface area contributed by atoms with E-state index >= 15 is 0 Å². The van der Waals surface area contributed by atoms with Gasteiger partial charge in [0.25, 0.3) is 0 Å². The molecule has 0 bridgehead atoms. The molecule has 11 atom stereocenters. The van der Waals surface area contributed by atoms with Gasteiger partial charge in [-0.1, -0.05) is 20.8 Å². The van der Waals surface area contributed by atoms with E-state index in [4.69, 9.17) is 9.84 Å². The third kappa shape index (κ3) is 6.90. The predicted octanol–water partition coefficient (Wildman–Crippen LogP) is 3.51. The standard InChI is InChI=1S/C27H45NO6.C3H4F3NO/c1-15(5-8-23(31)32)18-6-7-19-25-20(13-22(30)27(18,19)3)26(2)10-9-17(34-24(33)14-28-4)11-16(26)12-21(25)29;1-7-2(8)3(4,5)6/h15-22,25,28-30H,5-14H2,1-4H3,(H,31,32);1H3,(H,7,8)/t15-,16+,17-,18-,19+,20+,21-,22+,25+,26+,27-;/m1./s1. The van der Waals surface area contributed by atoms with E-state index in [-0.39, 0.29) is 71.4 Å². The van der Waals surface area contributed by atoms with Gasteiger partial charge in [0.15, 0.2) is 0 Å². The molecule has 4 aliphatic carbocycles. The van der Waals surface area contributed by atoms with Crippen molar-refractivity contribution in [3.8, 4) is 0 Å².